The Morgan fingerprint density at radius 1 is 0.952 bits per heavy atom. The van der Waals surface area contributed by atoms with Crippen LogP contribution in [0, 0.1) is 0 Å². The third-order valence-electron chi connectivity index (χ3n) is 2.25. The number of hydrogen-bond acceptors (Lipinski definition) is 4. The van der Waals surface area contributed by atoms with Crippen molar-refractivity contribution in [3.8, 4) is 0 Å². The topological polar surface area (TPSA) is 67.9 Å². The van der Waals surface area contributed by atoms with Crippen LogP contribution in [0.3, 0.4) is 0 Å². The SMILES string of the molecule is C=CC(C)(C)N(NC(=O)OC(C)(C)C)C(=O)OC(C)(C)C. The highest BCUT2D eigenvalue weighted by Crippen LogP contribution is 2.18. The van der Waals surface area contributed by atoms with Crippen molar-refractivity contribution in [1.29, 1.82) is 0 Å². The first-order chi connectivity index (χ1) is 9.18. The maximum atomic E-state index is 12.3. The van der Waals surface area contributed by atoms with Crippen LogP contribution in [-0.4, -0.2) is 33.9 Å². The molecule has 0 spiro atoms. The molecule has 0 rings (SSSR count). The summed E-state index contributed by atoms with van der Waals surface area (Å²) in [4.78, 5) is 24.1. The zero-order valence-electron chi connectivity index (χ0n) is 14.4. The van der Waals surface area contributed by atoms with Gasteiger partial charge in [0, 0.05) is 0 Å². The number of nitrogens with zero attached hydrogens (tertiary/aromatic N) is 1. The normalized spacial score (nSPS) is 12.4. The molecule has 0 aromatic heterocycles. The van der Waals surface area contributed by atoms with Crippen molar-refractivity contribution < 1.29 is 19.1 Å². The van der Waals surface area contributed by atoms with E-state index in [0.29, 0.717) is 0 Å². The first-order valence-electron chi connectivity index (χ1n) is 6.84. The predicted molar refractivity (Wildman–Crippen MR) is 81.7 cm³/mol. The van der Waals surface area contributed by atoms with Crippen LogP contribution >= 0.6 is 0 Å². The van der Waals surface area contributed by atoms with Gasteiger partial charge < -0.3 is 9.47 Å². The Bertz CT molecular complexity index is 403. The van der Waals surface area contributed by atoms with E-state index in [2.05, 4.69) is 12.0 Å². The highest BCUT2D eigenvalue weighted by atomic mass is 16.6. The highest BCUT2D eigenvalue weighted by Gasteiger charge is 2.34. The third-order valence-corrected chi connectivity index (χ3v) is 2.25. The van der Waals surface area contributed by atoms with Gasteiger partial charge in [-0.15, -0.1) is 6.58 Å². The smallest absolute Gasteiger partial charge is 0.430 e. The van der Waals surface area contributed by atoms with Gasteiger partial charge in [-0.05, 0) is 55.4 Å². The van der Waals surface area contributed by atoms with E-state index in [1.807, 2.05) is 0 Å². The maximum Gasteiger partial charge on any atom is 0.430 e. The van der Waals surface area contributed by atoms with Gasteiger partial charge in [0.1, 0.15) is 11.2 Å². The van der Waals surface area contributed by atoms with Crippen molar-refractivity contribution in [3.05, 3.63) is 12.7 Å². The predicted octanol–water partition coefficient (Wildman–Crippen LogP) is 3.63. The molecule has 0 aliphatic rings. The number of hydrazine groups is 1. The van der Waals surface area contributed by atoms with Crippen molar-refractivity contribution in [2.75, 3.05) is 0 Å². The van der Waals surface area contributed by atoms with Crippen LogP contribution in [0.1, 0.15) is 55.4 Å². The van der Waals surface area contributed by atoms with Crippen LogP contribution < -0.4 is 5.43 Å². The number of carbonyl (C=O) groups is 2. The zero-order valence-corrected chi connectivity index (χ0v) is 14.4. The lowest BCUT2D eigenvalue weighted by molar-refractivity contribution is -0.0161. The van der Waals surface area contributed by atoms with Gasteiger partial charge in [0.15, 0.2) is 0 Å². The molecular formula is C15H28N2O4. The Balaban J connectivity index is 5.14. The van der Waals surface area contributed by atoms with Crippen LogP contribution in [-0.2, 0) is 9.47 Å². The Morgan fingerprint density at radius 3 is 1.71 bits per heavy atom. The molecule has 0 saturated carbocycles. The molecule has 122 valence electrons. The molecule has 0 aliphatic heterocycles. The molecule has 21 heavy (non-hydrogen) atoms. The minimum absolute atomic E-state index is 0.665. The summed E-state index contributed by atoms with van der Waals surface area (Å²) in [6.07, 6.45) is 0.121. The van der Waals surface area contributed by atoms with Gasteiger partial charge in [-0.2, -0.15) is 0 Å². The molecule has 6 nitrogen and oxygen atoms in total. The second-order valence-corrected chi connectivity index (χ2v) is 7.29. The van der Waals surface area contributed by atoms with E-state index in [1.54, 1.807) is 55.4 Å². The van der Waals surface area contributed by atoms with Crippen molar-refractivity contribution >= 4 is 12.2 Å². The Hall–Kier alpha value is -1.72. The largest absolute Gasteiger partial charge is 0.443 e. The second kappa shape index (κ2) is 6.37. The average molecular weight is 300 g/mol. The Labute approximate surface area is 127 Å². The van der Waals surface area contributed by atoms with E-state index in [1.165, 1.54) is 6.08 Å². The minimum Gasteiger partial charge on any atom is -0.443 e. The van der Waals surface area contributed by atoms with E-state index in [0.717, 1.165) is 5.01 Å². The summed E-state index contributed by atoms with van der Waals surface area (Å²) in [5.41, 5.74) is 0.236. The molecule has 0 atom stereocenters. The molecule has 0 aromatic carbocycles. The summed E-state index contributed by atoms with van der Waals surface area (Å²) in [7, 11) is 0. The number of amides is 2. The van der Waals surface area contributed by atoms with E-state index < -0.39 is 28.9 Å². The van der Waals surface area contributed by atoms with Gasteiger partial charge in [0.05, 0.1) is 5.54 Å². The molecular weight excluding hydrogens is 272 g/mol. The highest BCUT2D eigenvalue weighted by molar-refractivity contribution is 5.75. The molecule has 0 saturated heterocycles. The first-order valence-corrected chi connectivity index (χ1v) is 6.84. The summed E-state index contributed by atoms with van der Waals surface area (Å²) in [5.74, 6) is 0. The number of nitrogens with one attached hydrogen (secondary N) is 1. The summed E-state index contributed by atoms with van der Waals surface area (Å²) in [6, 6.07) is 0. The lowest BCUT2D eigenvalue weighted by Gasteiger charge is -2.37. The molecule has 0 fully saturated rings. The van der Waals surface area contributed by atoms with Gasteiger partial charge in [-0.3, -0.25) is 0 Å². The minimum atomic E-state index is -0.834. The second-order valence-electron chi connectivity index (χ2n) is 7.29. The zero-order chi connectivity index (χ0) is 17.1. The number of rotatable bonds is 2. The van der Waals surface area contributed by atoms with E-state index in [-0.39, 0.29) is 0 Å². The summed E-state index contributed by atoms with van der Waals surface area (Å²) in [6.45, 7) is 17.6. The van der Waals surface area contributed by atoms with Gasteiger partial charge in [-0.1, -0.05) is 6.08 Å². The van der Waals surface area contributed by atoms with Gasteiger partial charge >= 0.3 is 12.2 Å². The lowest BCUT2D eigenvalue weighted by Crippen LogP contribution is -2.58. The third kappa shape index (κ3) is 7.58. The van der Waals surface area contributed by atoms with Crippen molar-refractivity contribution in [3.63, 3.8) is 0 Å². The fraction of sp³-hybridized carbons (Fsp3) is 0.733. The van der Waals surface area contributed by atoms with E-state index >= 15 is 0 Å². The van der Waals surface area contributed by atoms with Crippen LogP contribution in [0.4, 0.5) is 9.59 Å². The molecule has 1 N–H and O–H groups in total. The number of ether oxygens (including phenoxy) is 2. The maximum absolute atomic E-state index is 12.3. The molecule has 0 bridgehead atoms. The number of carbonyl (C=O) groups excluding carboxylic acids is 2. The summed E-state index contributed by atoms with van der Waals surface area (Å²) >= 11 is 0. The fourth-order valence-corrected chi connectivity index (χ4v) is 1.22. The fourth-order valence-electron chi connectivity index (χ4n) is 1.22. The van der Waals surface area contributed by atoms with E-state index in [9.17, 15) is 9.59 Å². The molecule has 0 unspecified atom stereocenters. The molecule has 0 aliphatic carbocycles. The number of hydrogen-bond donors (Lipinski definition) is 1. The van der Waals surface area contributed by atoms with Crippen molar-refractivity contribution in [2.24, 2.45) is 0 Å². The molecule has 0 heterocycles. The van der Waals surface area contributed by atoms with Crippen LogP contribution in [0.5, 0.6) is 0 Å². The molecule has 6 heteroatoms. The molecule has 0 aromatic rings. The molecule has 2 amide bonds. The lowest BCUT2D eigenvalue weighted by atomic mass is 10.1. The van der Waals surface area contributed by atoms with Crippen molar-refractivity contribution in [2.45, 2.75) is 72.1 Å². The van der Waals surface area contributed by atoms with Crippen molar-refractivity contribution in [1.82, 2.24) is 10.4 Å². The summed E-state index contributed by atoms with van der Waals surface area (Å²) in [5, 5.41) is 1.07. The molecule has 0 radical (unpaired) electrons. The Kier molecular flexibility index (Phi) is 5.85. The average Bonchev–Trinajstić information content (AvgIpc) is 2.20. The van der Waals surface area contributed by atoms with Gasteiger partial charge in [-0.25, -0.2) is 20.0 Å². The first kappa shape index (κ1) is 19.3. The monoisotopic (exact) mass is 300 g/mol. The van der Waals surface area contributed by atoms with Crippen LogP contribution in [0.25, 0.3) is 0 Å². The quantitative estimate of drug-likeness (QED) is 0.624. The Morgan fingerprint density at radius 2 is 1.38 bits per heavy atom. The summed E-state index contributed by atoms with van der Waals surface area (Å²) < 4.78 is 10.4. The standard InChI is InChI=1S/C15H28N2O4/c1-10-15(8,9)17(12(19)21-14(5,6)7)16-11(18)20-13(2,3)4/h10H,1H2,2-9H3,(H,16,18). The van der Waals surface area contributed by atoms with Crippen LogP contribution in [0.2, 0.25) is 0 Å². The van der Waals surface area contributed by atoms with Gasteiger partial charge in [0.2, 0.25) is 0 Å². The van der Waals surface area contributed by atoms with E-state index in [4.69, 9.17) is 9.47 Å². The van der Waals surface area contributed by atoms with Crippen LogP contribution in [0.15, 0.2) is 12.7 Å². The van der Waals surface area contributed by atoms with Gasteiger partial charge in [0.25, 0.3) is 0 Å².